The molecule has 0 bridgehead atoms. The van der Waals surface area contributed by atoms with Gasteiger partial charge in [-0.25, -0.2) is 4.79 Å². The minimum absolute atomic E-state index is 0.148. The van der Waals surface area contributed by atoms with E-state index in [4.69, 9.17) is 21.1 Å². The van der Waals surface area contributed by atoms with Gasteiger partial charge in [-0.05, 0) is 48.2 Å². The van der Waals surface area contributed by atoms with Gasteiger partial charge >= 0.3 is 5.97 Å². The molecule has 2 aromatic rings. The van der Waals surface area contributed by atoms with Gasteiger partial charge in [0.2, 0.25) is 0 Å². The van der Waals surface area contributed by atoms with E-state index in [0.29, 0.717) is 21.9 Å². The number of amides is 2. The van der Waals surface area contributed by atoms with Gasteiger partial charge in [0.15, 0.2) is 11.5 Å². The zero-order chi connectivity index (χ0) is 18.7. The van der Waals surface area contributed by atoms with Crippen LogP contribution >= 0.6 is 23.4 Å². The van der Waals surface area contributed by atoms with Crippen LogP contribution in [0.3, 0.4) is 0 Å². The highest BCUT2D eigenvalue weighted by Gasteiger charge is 2.26. The number of nitrogens with one attached hydrogen (secondary N) is 1. The third-order valence-corrected chi connectivity index (χ3v) is 4.50. The summed E-state index contributed by atoms with van der Waals surface area (Å²) in [5.41, 5.74) is 0.737. The maximum Gasteiger partial charge on any atom is 0.343 e. The molecule has 0 unspecified atom stereocenters. The summed E-state index contributed by atoms with van der Waals surface area (Å²) >= 11 is 6.60. The average Bonchev–Trinajstić information content (AvgIpc) is 2.94. The number of para-hydroxylation sites is 1. The first-order chi connectivity index (χ1) is 12.5. The monoisotopic (exact) mass is 389 g/mol. The van der Waals surface area contributed by atoms with Crippen LogP contribution in [0.25, 0.3) is 6.08 Å². The summed E-state index contributed by atoms with van der Waals surface area (Å²) in [5.74, 6) is -0.644. The molecule has 1 saturated heterocycles. The quantitative estimate of drug-likeness (QED) is 0.485. The third-order valence-electron chi connectivity index (χ3n) is 3.43. The van der Waals surface area contributed by atoms with Crippen LogP contribution in [-0.2, 0) is 4.79 Å². The fourth-order valence-electron chi connectivity index (χ4n) is 2.22. The second-order valence-electron chi connectivity index (χ2n) is 5.13. The van der Waals surface area contributed by atoms with E-state index in [1.807, 2.05) is 0 Å². The first-order valence-corrected chi connectivity index (χ1v) is 8.57. The molecule has 3 rings (SSSR count). The molecular formula is C18H12ClNO5S. The van der Waals surface area contributed by atoms with E-state index in [1.165, 1.54) is 25.3 Å². The summed E-state index contributed by atoms with van der Waals surface area (Å²) in [7, 11) is 1.44. The molecule has 2 aromatic carbocycles. The molecule has 132 valence electrons. The number of esters is 1. The van der Waals surface area contributed by atoms with E-state index >= 15 is 0 Å². The van der Waals surface area contributed by atoms with Crippen LogP contribution in [0.1, 0.15) is 15.9 Å². The van der Waals surface area contributed by atoms with Crippen molar-refractivity contribution in [3.63, 3.8) is 0 Å². The SMILES string of the molecule is COc1cccc(/C=C2\SC(=O)NC2=O)c1OC(=O)c1ccc(Cl)cc1. The van der Waals surface area contributed by atoms with Crippen LogP contribution < -0.4 is 14.8 Å². The van der Waals surface area contributed by atoms with Crippen molar-refractivity contribution < 1.29 is 23.9 Å². The number of ether oxygens (including phenoxy) is 2. The highest BCUT2D eigenvalue weighted by atomic mass is 35.5. The Bertz CT molecular complexity index is 924. The average molecular weight is 390 g/mol. The number of imide groups is 1. The van der Waals surface area contributed by atoms with E-state index in [-0.39, 0.29) is 10.7 Å². The van der Waals surface area contributed by atoms with Crippen molar-refractivity contribution in [3.05, 3.63) is 63.5 Å². The van der Waals surface area contributed by atoms with Crippen molar-refractivity contribution in [2.75, 3.05) is 7.11 Å². The van der Waals surface area contributed by atoms with Gasteiger partial charge in [0.25, 0.3) is 11.1 Å². The van der Waals surface area contributed by atoms with E-state index in [0.717, 1.165) is 11.8 Å². The Balaban J connectivity index is 1.96. The smallest absolute Gasteiger partial charge is 0.343 e. The highest BCUT2D eigenvalue weighted by Crippen LogP contribution is 2.35. The van der Waals surface area contributed by atoms with Gasteiger partial charge in [0, 0.05) is 10.6 Å². The fraction of sp³-hybridized carbons (Fsp3) is 0.0556. The summed E-state index contributed by atoms with van der Waals surface area (Å²) < 4.78 is 10.7. The summed E-state index contributed by atoms with van der Waals surface area (Å²) in [6.45, 7) is 0. The maximum absolute atomic E-state index is 12.4. The molecule has 1 aliphatic rings. The molecule has 26 heavy (non-hydrogen) atoms. The molecule has 0 saturated carbocycles. The molecule has 1 heterocycles. The summed E-state index contributed by atoms with van der Waals surface area (Å²) in [6, 6.07) is 11.2. The molecule has 0 spiro atoms. The van der Waals surface area contributed by atoms with Gasteiger partial charge in [-0.1, -0.05) is 23.7 Å². The van der Waals surface area contributed by atoms with Gasteiger partial charge < -0.3 is 9.47 Å². The number of methoxy groups -OCH3 is 1. The van der Waals surface area contributed by atoms with Crippen LogP contribution in [0.4, 0.5) is 4.79 Å². The predicted octanol–water partition coefficient (Wildman–Crippen LogP) is 3.89. The topological polar surface area (TPSA) is 81.7 Å². The molecule has 0 aliphatic carbocycles. The molecule has 6 nitrogen and oxygen atoms in total. The Morgan fingerprint density at radius 2 is 1.88 bits per heavy atom. The minimum atomic E-state index is -0.606. The van der Waals surface area contributed by atoms with Crippen molar-refractivity contribution in [2.24, 2.45) is 0 Å². The number of benzene rings is 2. The van der Waals surface area contributed by atoms with Crippen molar-refractivity contribution >= 4 is 46.6 Å². The number of halogens is 1. The summed E-state index contributed by atoms with van der Waals surface area (Å²) in [4.78, 5) is 35.7. The highest BCUT2D eigenvalue weighted by molar-refractivity contribution is 8.18. The van der Waals surface area contributed by atoms with Crippen molar-refractivity contribution in [3.8, 4) is 11.5 Å². The number of carbonyl (C=O) groups is 3. The van der Waals surface area contributed by atoms with Crippen LogP contribution in [0.5, 0.6) is 11.5 Å². The lowest BCUT2D eigenvalue weighted by molar-refractivity contribution is -0.115. The first kappa shape index (κ1) is 18.0. The lowest BCUT2D eigenvalue weighted by atomic mass is 10.1. The van der Waals surface area contributed by atoms with Gasteiger partial charge in [0.1, 0.15) is 0 Å². The Morgan fingerprint density at radius 1 is 1.15 bits per heavy atom. The lowest BCUT2D eigenvalue weighted by Crippen LogP contribution is -2.17. The number of thioether (sulfide) groups is 1. The van der Waals surface area contributed by atoms with Gasteiger partial charge in [-0.15, -0.1) is 0 Å². The molecule has 0 aromatic heterocycles. The molecule has 1 fully saturated rings. The molecule has 0 radical (unpaired) electrons. The number of hydrogen-bond donors (Lipinski definition) is 1. The largest absolute Gasteiger partial charge is 0.493 e. The molecule has 1 N–H and O–H groups in total. The van der Waals surface area contributed by atoms with Crippen LogP contribution in [0.15, 0.2) is 47.4 Å². The molecule has 0 atom stereocenters. The van der Waals surface area contributed by atoms with Crippen molar-refractivity contribution in [1.82, 2.24) is 5.32 Å². The lowest BCUT2D eigenvalue weighted by Gasteiger charge is -2.12. The van der Waals surface area contributed by atoms with E-state index in [9.17, 15) is 14.4 Å². The normalized spacial score (nSPS) is 15.1. The Labute approximate surface area is 158 Å². The van der Waals surface area contributed by atoms with E-state index in [1.54, 1.807) is 30.3 Å². The second kappa shape index (κ2) is 7.63. The number of carbonyl (C=O) groups excluding carboxylic acids is 3. The molecule has 8 heteroatoms. The Kier molecular flexibility index (Phi) is 5.29. The van der Waals surface area contributed by atoms with Crippen molar-refractivity contribution in [1.29, 1.82) is 0 Å². The molecule has 2 amide bonds. The fourth-order valence-corrected chi connectivity index (χ4v) is 3.02. The zero-order valence-electron chi connectivity index (χ0n) is 13.4. The number of rotatable bonds is 4. The van der Waals surface area contributed by atoms with Crippen LogP contribution in [0, 0.1) is 0 Å². The van der Waals surface area contributed by atoms with Gasteiger partial charge in [0.05, 0.1) is 17.6 Å². The third kappa shape index (κ3) is 3.89. The standard InChI is InChI=1S/C18H12ClNO5S/c1-24-13-4-2-3-11(9-14-16(21)20-18(23)26-14)15(13)25-17(22)10-5-7-12(19)8-6-10/h2-9H,1H3,(H,20,21,23)/b14-9-. The minimum Gasteiger partial charge on any atom is -0.493 e. The van der Waals surface area contributed by atoms with Gasteiger partial charge in [-0.2, -0.15) is 0 Å². The predicted molar refractivity (Wildman–Crippen MR) is 98.5 cm³/mol. The van der Waals surface area contributed by atoms with E-state index in [2.05, 4.69) is 5.32 Å². The van der Waals surface area contributed by atoms with Crippen molar-refractivity contribution in [2.45, 2.75) is 0 Å². The second-order valence-corrected chi connectivity index (χ2v) is 6.58. The first-order valence-electron chi connectivity index (χ1n) is 7.37. The van der Waals surface area contributed by atoms with Crippen LogP contribution in [0.2, 0.25) is 5.02 Å². The van der Waals surface area contributed by atoms with E-state index < -0.39 is 17.1 Å². The summed E-state index contributed by atoms with van der Waals surface area (Å²) in [6.07, 6.45) is 1.47. The molecular weight excluding hydrogens is 378 g/mol. The Hall–Kier alpha value is -2.77. The van der Waals surface area contributed by atoms with Crippen LogP contribution in [-0.4, -0.2) is 24.2 Å². The summed E-state index contributed by atoms with van der Waals surface area (Å²) in [5, 5.41) is 2.22. The number of hydrogen-bond acceptors (Lipinski definition) is 6. The van der Waals surface area contributed by atoms with Gasteiger partial charge in [-0.3, -0.25) is 14.9 Å². The maximum atomic E-state index is 12.4. The Morgan fingerprint density at radius 3 is 2.50 bits per heavy atom. The molecule has 1 aliphatic heterocycles. The zero-order valence-corrected chi connectivity index (χ0v) is 15.0.